The Hall–Kier alpha value is -0.900. The van der Waals surface area contributed by atoms with Crippen LogP contribution in [0.2, 0.25) is 0 Å². The minimum Gasteiger partial charge on any atom is -0.352 e. The molecule has 0 bridgehead atoms. The molecule has 1 rings (SSSR count). The Labute approximate surface area is 97.0 Å². The van der Waals surface area contributed by atoms with Crippen LogP contribution in [-0.4, -0.2) is 17.8 Å². The van der Waals surface area contributed by atoms with Gasteiger partial charge in [0.1, 0.15) is 5.82 Å². The number of halogens is 2. The molecule has 2 nitrogen and oxygen atoms in total. The van der Waals surface area contributed by atoms with Gasteiger partial charge in [-0.25, -0.2) is 4.39 Å². The Morgan fingerprint density at radius 1 is 1.53 bits per heavy atom. The number of alkyl halides is 1. The number of amides is 1. The van der Waals surface area contributed by atoms with E-state index in [0.29, 0.717) is 12.1 Å². The van der Waals surface area contributed by atoms with Crippen molar-refractivity contribution in [3.8, 4) is 0 Å². The largest absolute Gasteiger partial charge is 0.352 e. The molecular weight excluding hydrogens is 261 g/mol. The molecule has 1 aromatic carbocycles. The van der Waals surface area contributed by atoms with Gasteiger partial charge in [-0.05, 0) is 25.0 Å². The van der Waals surface area contributed by atoms with Crippen LogP contribution in [0, 0.1) is 12.7 Å². The molecule has 0 fully saturated rings. The third-order valence-electron chi connectivity index (χ3n) is 2.03. The summed E-state index contributed by atoms with van der Waals surface area (Å²) in [5.41, 5.74) is 0.604. The molecule has 0 spiro atoms. The van der Waals surface area contributed by atoms with Crippen molar-refractivity contribution in [2.24, 2.45) is 0 Å². The normalized spacial score (nSPS) is 10.1. The van der Waals surface area contributed by atoms with Crippen LogP contribution in [0.3, 0.4) is 0 Å². The highest BCUT2D eigenvalue weighted by Gasteiger charge is 2.11. The van der Waals surface area contributed by atoms with Crippen LogP contribution in [0.1, 0.15) is 22.3 Å². The summed E-state index contributed by atoms with van der Waals surface area (Å²) in [5, 5.41) is 3.48. The molecular formula is C11H13BrFNO. The Balaban J connectivity index is 2.69. The van der Waals surface area contributed by atoms with Gasteiger partial charge in [-0.15, -0.1) is 0 Å². The predicted molar refractivity (Wildman–Crippen MR) is 61.9 cm³/mol. The molecule has 4 heteroatoms. The SMILES string of the molecule is Cc1cccc(C(=O)NCCCBr)c1F. The van der Waals surface area contributed by atoms with E-state index in [2.05, 4.69) is 21.2 Å². The van der Waals surface area contributed by atoms with Gasteiger partial charge in [-0.2, -0.15) is 0 Å². The quantitative estimate of drug-likeness (QED) is 0.663. The zero-order valence-corrected chi connectivity index (χ0v) is 10.1. The summed E-state index contributed by atoms with van der Waals surface area (Å²) < 4.78 is 13.5. The summed E-state index contributed by atoms with van der Waals surface area (Å²) >= 11 is 3.26. The van der Waals surface area contributed by atoms with Crippen molar-refractivity contribution in [3.05, 3.63) is 35.1 Å². The lowest BCUT2D eigenvalue weighted by Gasteiger charge is -2.06. The lowest BCUT2D eigenvalue weighted by molar-refractivity contribution is 0.0949. The van der Waals surface area contributed by atoms with Crippen LogP contribution in [-0.2, 0) is 0 Å². The maximum Gasteiger partial charge on any atom is 0.254 e. The van der Waals surface area contributed by atoms with E-state index in [1.165, 1.54) is 6.07 Å². The van der Waals surface area contributed by atoms with Crippen molar-refractivity contribution in [3.63, 3.8) is 0 Å². The van der Waals surface area contributed by atoms with Gasteiger partial charge in [0.2, 0.25) is 0 Å². The molecule has 0 saturated heterocycles. The van der Waals surface area contributed by atoms with Crippen LogP contribution in [0.4, 0.5) is 4.39 Å². The first-order chi connectivity index (χ1) is 7.16. The van der Waals surface area contributed by atoms with Gasteiger partial charge in [-0.3, -0.25) is 4.79 Å². The zero-order valence-electron chi connectivity index (χ0n) is 8.52. The Kier molecular flexibility index (Phi) is 4.75. The Morgan fingerprint density at radius 3 is 2.93 bits per heavy atom. The number of hydrogen-bond donors (Lipinski definition) is 1. The number of aryl methyl sites for hydroxylation is 1. The molecule has 0 saturated carbocycles. The smallest absolute Gasteiger partial charge is 0.254 e. The molecule has 0 aliphatic carbocycles. The topological polar surface area (TPSA) is 29.1 Å². The molecule has 1 N–H and O–H groups in total. The second-order valence-electron chi connectivity index (χ2n) is 3.23. The number of rotatable bonds is 4. The summed E-state index contributed by atoms with van der Waals surface area (Å²) in [6.45, 7) is 2.20. The number of nitrogens with one attached hydrogen (secondary N) is 1. The van der Waals surface area contributed by atoms with Crippen molar-refractivity contribution in [2.75, 3.05) is 11.9 Å². The molecule has 0 aliphatic rings. The second kappa shape index (κ2) is 5.85. The van der Waals surface area contributed by atoms with Gasteiger partial charge in [0.15, 0.2) is 0 Å². The molecule has 82 valence electrons. The fourth-order valence-corrected chi connectivity index (χ4v) is 1.47. The maximum atomic E-state index is 13.5. The van der Waals surface area contributed by atoms with Crippen molar-refractivity contribution in [2.45, 2.75) is 13.3 Å². The molecule has 0 aromatic heterocycles. The minimum atomic E-state index is -0.436. The van der Waals surface area contributed by atoms with E-state index in [0.717, 1.165) is 11.8 Å². The molecule has 0 atom stereocenters. The first-order valence-electron chi connectivity index (χ1n) is 4.76. The summed E-state index contributed by atoms with van der Waals surface area (Å²) in [6.07, 6.45) is 0.833. The third-order valence-corrected chi connectivity index (χ3v) is 2.59. The number of carbonyl (C=O) groups excluding carboxylic acids is 1. The van der Waals surface area contributed by atoms with E-state index < -0.39 is 5.82 Å². The summed E-state index contributed by atoms with van der Waals surface area (Å²) in [5.74, 6) is -0.786. The number of hydrogen-bond acceptors (Lipinski definition) is 1. The minimum absolute atomic E-state index is 0.115. The summed E-state index contributed by atoms with van der Waals surface area (Å²) in [6, 6.07) is 4.81. The summed E-state index contributed by atoms with van der Waals surface area (Å²) in [4.78, 5) is 11.5. The molecule has 1 aromatic rings. The van der Waals surface area contributed by atoms with E-state index in [1.807, 2.05) is 0 Å². The standard InChI is InChI=1S/C11H13BrFNO/c1-8-4-2-5-9(10(8)13)11(15)14-7-3-6-12/h2,4-5H,3,6-7H2,1H3,(H,14,15). The molecule has 0 heterocycles. The van der Waals surface area contributed by atoms with Gasteiger partial charge >= 0.3 is 0 Å². The highest BCUT2D eigenvalue weighted by molar-refractivity contribution is 9.09. The molecule has 1 amide bonds. The lowest BCUT2D eigenvalue weighted by Crippen LogP contribution is -2.25. The average Bonchev–Trinajstić information content (AvgIpc) is 2.22. The Morgan fingerprint density at radius 2 is 2.27 bits per heavy atom. The van der Waals surface area contributed by atoms with Gasteiger partial charge in [0.25, 0.3) is 5.91 Å². The monoisotopic (exact) mass is 273 g/mol. The summed E-state index contributed by atoms with van der Waals surface area (Å²) in [7, 11) is 0. The third kappa shape index (κ3) is 3.30. The van der Waals surface area contributed by atoms with Gasteiger partial charge in [0, 0.05) is 11.9 Å². The highest BCUT2D eigenvalue weighted by atomic mass is 79.9. The lowest BCUT2D eigenvalue weighted by atomic mass is 10.1. The van der Waals surface area contributed by atoms with Crippen molar-refractivity contribution < 1.29 is 9.18 Å². The molecule has 15 heavy (non-hydrogen) atoms. The number of benzene rings is 1. The molecule has 0 radical (unpaired) electrons. The van der Waals surface area contributed by atoms with Crippen molar-refractivity contribution in [1.29, 1.82) is 0 Å². The number of carbonyl (C=O) groups is 1. The fraction of sp³-hybridized carbons (Fsp3) is 0.364. The van der Waals surface area contributed by atoms with Gasteiger partial charge in [0.05, 0.1) is 5.56 Å². The van der Waals surface area contributed by atoms with Crippen LogP contribution in [0.5, 0.6) is 0 Å². The Bertz CT molecular complexity index is 354. The van der Waals surface area contributed by atoms with Crippen LogP contribution < -0.4 is 5.32 Å². The van der Waals surface area contributed by atoms with Gasteiger partial charge < -0.3 is 5.32 Å². The van der Waals surface area contributed by atoms with E-state index >= 15 is 0 Å². The predicted octanol–water partition coefficient (Wildman–Crippen LogP) is 2.65. The van der Waals surface area contributed by atoms with Crippen molar-refractivity contribution in [1.82, 2.24) is 5.32 Å². The molecule has 0 unspecified atom stereocenters. The molecule has 0 aliphatic heterocycles. The maximum absolute atomic E-state index is 13.5. The van der Waals surface area contributed by atoms with E-state index in [9.17, 15) is 9.18 Å². The average molecular weight is 274 g/mol. The van der Waals surface area contributed by atoms with Crippen LogP contribution in [0.15, 0.2) is 18.2 Å². The fourth-order valence-electron chi connectivity index (χ4n) is 1.19. The highest BCUT2D eigenvalue weighted by Crippen LogP contribution is 2.11. The van der Waals surface area contributed by atoms with Crippen molar-refractivity contribution >= 4 is 21.8 Å². The van der Waals surface area contributed by atoms with E-state index in [4.69, 9.17) is 0 Å². The first-order valence-corrected chi connectivity index (χ1v) is 5.88. The zero-order chi connectivity index (χ0) is 11.3. The first kappa shape index (κ1) is 12.2. The van der Waals surface area contributed by atoms with Crippen LogP contribution >= 0.6 is 15.9 Å². The second-order valence-corrected chi connectivity index (χ2v) is 4.03. The van der Waals surface area contributed by atoms with Gasteiger partial charge in [-0.1, -0.05) is 28.1 Å². The van der Waals surface area contributed by atoms with E-state index in [1.54, 1.807) is 19.1 Å². The van der Waals surface area contributed by atoms with E-state index in [-0.39, 0.29) is 11.5 Å². The van der Waals surface area contributed by atoms with Crippen LogP contribution in [0.25, 0.3) is 0 Å².